The fourth-order valence-electron chi connectivity index (χ4n) is 2.93. The Morgan fingerprint density at radius 3 is 2.53 bits per heavy atom. The van der Waals surface area contributed by atoms with Crippen LogP contribution in [0.15, 0.2) is 12.4 Å². The molecule has 1 unspecified atom stereocenters. The largest absolute Gasteiger partial charge is 0.327 e. The zero-order valence-electron chi connectivity index (χ0n) is 10.9. The van der Waals surface area contributed by atoms with Gasteiger partial charge in [-0.15, -0.1) is 0 Å². The first-order chi connectivity index (χ1) is 8.25. The summed E-state index contributed by atoms with van der Waals surface area (Å²) in [4.78, 5) is 0. The lowest BCUT2D eigenvalue weighted by Gasteiger charge is -2.25. The molecule has 0 radical (unpaired) electrons. The summed E-state index contributed by atoms with van der Waals surface area (Å²) in [6, 6.07) is 0.317. The summed E-state index contributed by atoms with van der Waals surface area (Å²) in [5.74, 6) is 0.718. The predicted octanol–water partition coefficient (Wildman–Crippen LogP) is 2.65. The molecule has 2 rings (SSSR count). The van der Waals surface area contributed by atoms with Crippen molar-refractivity contribution >= 4 is 0 Å². The van der Waals surface area contributed by atoms with Crippen molar-refractivity contribution in [3.05, 3.63) is 18.0 Å². The Kier molecular flexibility index (Phi) is 4.60. The molecule has 1 heterocycles. The molecule has 1 aliphatic rings. The molecular formula is C14H25N3. The van der Waals surface area contributed by atoms with E-state index in [4.69, 9.17) is 5.73 Å². The van der Waals surface area contributed by atoms with E-state index in [0.717, 1.165) is 12.3 Å². The van der Waals surface area contributed by atoms with E-state index >= 15 is 0 Å². The van der Waals surface area contributed by atoms with Crippen molar-refractivity contribution in [2.75, 3.05) is 0 Å². The molecule has 0 saturated heterocycles. The van der Waals surface area contributed by atoms with Crippen LogP contribution >= 0.6 is 0 Å². The predicted molar refractivity (Wildman–Crippen MR) is 70.7 cm³/mol. The van der Waals surface area contributed by atoms with E-state index in [1.807, 2.05) is 17.9 Å². The molecule has 1 fully saturated rings. The van der Waals surface area contributed by atoms with Gasteiger partial charge in [-0.2, -0.15) is 5.10 Å². The van der Waals surface area contributed by atoms with E-state index < -0.39 is 0 Å². The van der Waals surface area contributed by atoms with Gasteiger partial charge in [-0.25, -0.2) is 0 Å². The molecule has 3 nitrogen and oxygen atoms in total. The topological polar surface area (TPSA) is 43.8 Å². The first kappa shape index (κ1) is 12.6. The molecule has 0 aromatic carbocycles. The van der Waals surface area contributed by atoms with Crippen LogP contribution in [0.1, 0.15) is 50.5 Å². The quantitative estimate of drug-likeness (QED) is 0.875. The van der Waals surface area contributed by atoms with Crippen LogP contribution < -0.4 is 5.73 Å². The SMILES string of the molecule is Cn1cc(CC(N)C2CCCCCCC2)cn1. The molecule has 0 bridgehead atoms. The molecule has 0 spiro atoms. The smallest absolute Gasteiger partial charge is 0.0522 e. The van der Waals surface area contributed by atoms with Gasteiger partial charge >= 0.3 is 0 Å². The lowest BCUT2D eigenvalue weighted by Crippen LogP contribution is -2.32. The minimum atomic E-state index is 0.317. The minimum Gasteiger partial charge on any atom is -0.327 e. The van der Waals surface area contributed by atoms with Crippen molar-refractivity contribution < 1.29 is 0 Å². The molecular weight excluding hydrogens is 210 g/mol. The summed E-state index contributed by atoms with van der Waals surface area (Å²) in [5.41, 5.74) is 7.65. The lowest BCUT2D eigenvalue weighted by molar-refractivity contribution is 0.322. The second-order valence-corrected chi connectivity index (χ2v) is 5.50. The van der Waals surface area contributed by atoms with Crippen LogP contribution in [0.2, 0.25) is 0 Å². The van der Waals surface area contributed by atoms with Crippen molar-refractivity contribution in [2.45, 2.75) is 57.4 Å². The Morgan fingerprint density at radius 2 is 1.94 bits per heavy atom. The van der Waals surface area contributed by atoms with Crippen molar-refractivity contribution in [1.82, 2.24) is 9.78 Å². The van der Waals surface area contributed by atoms with Gasteiger partial charge in [0.25, 0.3) is 0 Å². The van der Waals surface area contributed by atoms with Crippen LogP contribution in [0.25, 0.3) is 0 Å². The standard InChI is InChI=1S/C14H25N3/c1-17-11-12(10-16-17)9-14(15)13-7-5-3-2-4-6-8-13/h10-11,13-14H,2-9,15H2,1H3. The number of hydrogen-bond acceptors (Lipinski definition) is 2. The van der Waals surface area contributed by atoms with Gasteiger partial charge in [0.15, 0.2) is 0 Å². The van der Waals surface area contributed by atoms with E-state index in [2.05, 4.69) is 11.3 Å². The highest BCUT2D eigenvalue weighted by Crippen LogP contribution is 2.25. The van der Waals surface area contributed by atoms with Crippen molar-refractivity contribution in [3.8, 4) is 0 Å². The van der Waals surface area contributed by atoms with Gasteiger partial charge in [0, 0.05) is 19.3 Å². The number of aryl methyl sites for hydroxylation is 1. The van der Waals surface area contributed by atoms with Crippen molar-refractivity contribution in [3.63, 3.8) is 0 Å². The highest BCUT2D eigenvalue weighted by atomic mass is 15.2. The molecule has 17 heavy (non-hydrogen) atoms. The van der Waals surface area contributed by atoms with E-state index in [-0.39, 0.29) is 0 Å². The van der Waals surface area contributed by atoms with E-state index in [0.29, 0.717) is 6.04 Å². The Bertz CT molecular complexity index is 324. The summed E-state index contributed by atoms with van der Waals surface area (Å²) < 4.78 is 1.86. The van der Waals surface area contributed by atoms with Crippen LogP contribution in [-0.4, -0.2) is 15.8 Å². The van der Waals surface area contributed by atoms with Gasteiger partial charge in [0.05, 0.1) is 6.20 Å². The van der Waals surface area contributed by atoms with Crippen LogP contribution in [0.4, 0.5) is 0 Å². The van der Waals surface area contributed by atoms with Crippen LogP contribution in [0.5, 0.6) is 0 Å². The Balaban J connectivity index is 1.86. The fourth-order valence-corrected chi connectivity index (χ4v) is 2.93. The van der Waals surface area contributed by atoms with Gasteiger partial charge in [0.1, 0.15) is 0 Å². The minimum absolute atomic E-state index is 0.317. The third-order valence-corrected chi connectivity index (χ3v) is 3.99. The number of aromatic nitrogens is 2. The number of hydrogen-bond donors (Lipinski definition) is 1. The molecule has 96 valence electrons. The summed E-state index contributed by atoms with van der Waals surface area (Å²) in [7, 11) is 1.96. The summed E-state index contributed by atoms with van der Waals surface area (Å²) in [6.45, 7) is 0. The monoisotopic (exact) mass is 235 g/mol. The average Bonchev–Trinajstić information content (AvgIpc) is 2.63. The molecule has 2 N–H and O–H groups in total. The first-order valence-corrected chi connectivity index (χ1v) is 6.99. The Hall–Kier alpha value is -0.830. The Labute approximate surface area is 104 Å². The van der Waals surface area contributed by atoms with Gasteiger partial charge in [-0.1, -0.05) is 32.1 Å². The lowest BCUT2D eigenvalue weighted by atomic mass is 9.84. The van der Waals surface area contributed by atoms with Crippen LogP contribution in [-0.2, 0) is 13.5 Å². The van der Waals surface area contributed by atoms with E-state index in [1.165, 1.54) is 50.5 Å². The normalized spacial score (nSPS) is 20.8. The van der Waals surface area contributed by atoms with Crippen LogP contribution in [0, 0.1) is 5.92 Å². The van der Waals surface area contributed by atoms with Gasteiger partial charge < -0.3 is 5.73 Å². The molecule has 1 saturated carbocycles. The Morgan fingerprint density at radius 1 is 1.29 bits per heavy atom. The summed E-state index contributed by atoms with van der Waals surface area (Å²) in [5, 5.41) is 4.21. The average molecular weight is 235 g/mol. The van der Waals surface area contributed by atoms with Gasteiger partial charge in [-0.3, -0.25) is 4.68 Å². The zero-order chi connectivity index (χ0) is 12.1. The number of nitrogens with two attached hydrogens (primary N) is 1. The molecule has 1 aromatic rings. The number of nitrogens with zero attached hydrogens (tertiary/aromatic N) is 2. The van der Waals surface area contributed by atoms with Gasteiger partial charge in [0.2, 0.25) is 0 Å². The molecule has 0 amide bonds. The third kappa shape index (κ3) is 3.84. The van der Waals surface area contributed by atoms with Crippen molar-refractivity contribution in [2.24, 2.45) is 18.7 Å². The second-order valence-electron chi connectivity index (χ2n) is 5.50. The molecule has 1 atom stereocenters. The molecule has 3 heteroatoms. The summed E-state index contributed by atoms with van der Waals surface area (Å²) >= 11 is 0. The maximum atomic E-state index is 6.37. The van der Waals surface area contributed by atoms with Crippen molar-refractivity contribution in [1.29, 1.82) is 0 Å². The maximum Gasteiger partial charge on any atom is 0.0522 e. The first-order valence-electron chi connectivity index (χ1n) is 6.99. The highest BCUT2D eigenvalue weighted by Gasteiger charge is 2.19. The van der Waals surface area contributed by atoms with E-state index in [1.54, 1.807) is 0 Å². The highest BCUT2D eigenvalue weighted by molar-refractivity contribution is 5.06. The molecule has 0 aliphatic heterocycles. The summed E-state index contributed by atoms with van der Waals surface area (Å²) in [6.07, 6.45) is 14.6. The van der Waals surface area contributed by atoms with Gasteiger partial charge in [-0.05, 0) is 30.7 Å². The maximum absolute atomic E-state index is 6.37. The molecule has 1 aromatic heterocycles. The second kappa shape index (κ2) is 6.20. The number of rotatable bonds is 3. The zero-order valence-corrected chi connectivity index (χ0v) is 10.9. The van der Waals surface area contributed by atoms with Crippen LogP contribution in [0.3, 0.4) is 0 Å². The fraction of sp³-hybridized carbons (Fsp3) is 0.786. The molecule has 1 aliphatic carbocycles. The third-order valence-electron chi connectivity index (χ3n) is 3.99. The van der Waals surface area contributed by atoms with E-state index in [9.17, 15) is 0 Å².